The summed E-state index contributed by atoms with van der Waals surface area (Å²) in [4.78, 5) is 22.6. The van der Waals surface area contributed by atoms with E-state index < -0.39 is 28.2 Å². The number of nitrogens with two attached hydrogens (primary N) is 1. The SMILES string of the molecule is CCNc1nc(NC(C)C)nc(SC)n1.Nc1c([N+](=O)[O-])cnn1-c1c(Cl)cc(C(F)(F)F)cc1Cl. The minimum absolute atomic E-state index is 0.170. The van der Waals surface area contributed by atoms with Crippen molar-refractivity contribution in [1.82, 2.24) is 24.7 Å². The van der Waals surface area contributed by atoms with Crippen LogP contribution >= 0.6 is 35.0 Å². The molecule has 0 atom stereocenters. The molecule has 4 N–H and O–H groups in total. The molecule has 17 heteroatoms. The Morgan fingerprint density at radius 2 is 1.78 bits per heavy atom. The Morgan fingerprint density at radius 1 is 1.19 bits per heavy atom. The summed E-state index contributed by atoms with van der Waals surface area (Å²) in [5.41, 5.74) is 3.78. The van der Waals surface area contributed by atoms with Crippen molar-refractivity contribution in [2.24, 2.45) is 0 Å². The smallest absolute Gasteiger partial charge is 0.378 e. The molecule has 0 bridgehead atoms. The lowest BCUT2D eigenvalue weighted by Gasteiger charge is -2.12. The number of hydrogen-bond acceptors (Lipinski definition) is 10. The van der Waals surface area contributed by atoms with Gasteiger partial charge in [-0.25, -0.2) is 4.68 Å². The largest absolute Gasteiger partial charge is 0.416 e. The molecule has 1 aromatic carbocycles. The topological polar surface area (TPSA) is 150 Å². The van der Waals surface area contributed by atoms with Crippen LogP contribution in [0.2, 0.25) is 10.0 Å². The summed E-state index contributed by atoms with van der Waals surface area (Å²) < 4.78 is 38.7. The fraction of sp³-hybridized carbons (Fsp3) is 0.368. The van der Waals surface area contributed by atoms with Gasteiger partial charge in [0.25, 0.3) is 0 Å². The lowest BCUT2D eigenvalue weighted by atomic mass is 10.2. The summed E-state index contributed by atoms with van der Waals surface area (Å²) in [6.07, 6.45) is -1.84. The van der Waals surface area contributed by atoms with Gasteiger partial charge >= 0.3 is 11.9 Å². The summed E-state index contributed by atoms with van der Waals surface area (Å²) in [6, 6.07) is 1.59. The molecular formula is C19H22Cl2F3N9O2S. The van der Waals surface area contributed by atoms with E-state index in [-0.39, 0.29) is 15.7 Å². The van der Waals surface area contributed by atoms with E-state index in [1.54, 1.807) is 0 Å². The predicted molar refractivity (Wildman–Crippen MR) is 134 cm³/mol. The maximum Gasteiger partial charge on any atom is 0.416 e. The molecule has 0 aliphatic heterocycles. The zero-order valence-corrected chi connectivity index (χ0v) is 21.7. The highest BCUT2D eigenvalue weighted by atomic mass is 35.5. The Kier molecular flexibility index (Phi) is 9.95. The Bertz CT molecular complexity index is 1200. The zero-order chi connectivity index (χ0) is 27.2. The van der Waals surface area contributed by atoms with E-state index in [0.717, 1.165) is 22.6 Å². The average Bonchev–Trinajstić information content (AvgIpc) is 3.14. The minimum atomic E-state index is -4.63. The molecular weight excluding hydrogens is 546 g/mol. The molecule has 2 heterocycles. The Morgan fingerprint density at radius 3 is 2.22 bits per heavy atom. The molecule has 11 nitrogen and oxygen atoms in total. The number of nitrogens with one attached hydrogen (secondary N) is 2. The molecule has 36 heavy (non-hydrogen) atoms. The number of halogens is 5. The van der Waals surface area contributed by atoms with Crippen LogP contribution in [0, 0.1) is 10.1 Å². The average molecular weight is 568 g/mol. The molecule has 0 spiro atoms. The van der Waals surface area contributed by atoms with Gasteiger partial charge in [-0.05, 0) is 39.2 Å². The van der Waals surface area contributed by atoms with E-state index in [1.807, 2.05) is 13.2 Å². The predicted octanol–water partition coefficient (Wildman–Crippen LogP) is 5.53. The molecule has 0 fully saturated rings. The third-order valence-electron chi connectivity index (χ3n) is 4.09. The molecule has 0 aliphatic rings. The number of anilines is 3. The maximum atomic E-state index is 12.6. The molecule has 3 rings (SSSR count). The second-order valence-corrected chi connectivity index (χ2v) is 8.76. The first-order valence-electron chi connectivity index (χ1n) is 10.1. The van der Waals surface area contributed by atoms with Crippen LogP contribution in [-0.2, 0) is 6.18 Å². The number of nitrogens with zero attached hydrogens (tertiary/aromatic N) is 6. The highest BCUT2D eigenvalue weighted by Crippen LogP contribution is 2.38. The van der Waals surface area contributed by atoms with Gasteiger partial charge < -0.3 is 16.4 Å². The summed E-state index contributed by atoms with van der Waals surface area (Å²) >= 11 is 13.0. The van der Waals surface area contributed by atoms with Crippen LogP contribution in [0.15, 0.2) is 23.5 Å². The number of nitro groups is 1. The quantitative estimate of drug-likeness (QED) is 0.189. The number of nitrogen functional groups attached to an aromatic ring is 1. The van der Waals surface area contributed by atoms with Crippen molar-refractivity contribution < 1.29 is 18.1 Å². The van der Waals surface area contributed by atoms with Crippen LogP contribution in [-0.4, -0.2) is 48.5 Å². The fourth-order valence-corrected chi connectivity index (χ4v) is 3.61. The van der Waals surface area contributed by atoms with Crippen molar-refractivity contribution >= 4 is 58.4 Å². The summed E-state index contributed by atoms with van der Waals surface area (Å²) in [5, 5.41) is 20.5. The molecule has 196 valence electrons. The second kappa shape index (κ2) is 12.3. The summed E-state index contributed by atoms with van der Waals surface area (Å²) in [6.45, 7) is 6.92. The van der Waals surface area contributed by atoms with E-state index in [0.29, 0.717) is 30.1 Å². The lowest BCUT2D eigenvalue weighted by Crippen LogP contribution is -2.15. The Labute approximate surface area is 218 Å². The van der Waals surface area contributed by atoms with Crippen LogP contribution in [0.25, 0.3) is 5.69 Å². The number of thioether (sulfide) groups is 1. The summed E-state index contributed by atoms with van der Waals surface area (Å²) in [5.74, 6) is 0.851. The van der Waals surface area contributed by atoms with Gasteiger partial charge in [0.15, 0.2) is 5.16 Å². The molecule has 0 unspecified atom stereocenters. The first kappa shape index (κ1) is 29.2. The zero-order valence-electron chi connectivity index (χ0n) is 19.4. The fourth-order valence-electron chi connectivity index (χ4n) is 2.61. The van der Waals surface area contributed by atoms with Crippen molar-refractivity contribution in [3.63, 3.8) is 0 Å². The Balaban J connectivity index is 0.000000269. The van der Waals surface area contributed by atoms with Crippen molar-refractivity contribution in [1.29, 1.82) is 0 Å². The van der Waals surface area contributed by atoms with Gasteiger partial charge in [-0.1, -0.05) is 35.0 Å². The van der Waals surface area contributed by atoms with Crippen LogP contribution in [0.1, 0.15) is 26.3 Å². The van der Waals surface area contributed by atoms with E-state index in [4.69, 9.17) is 28.9 Å². The van der Waals surface area contributed by atoms with Crippen LogP contribution in [0.5, 0.6) is 0 Å². The number of rotatable bonds is 7. The van der Waals surface area contributed by atoms with Gasteiger partial charge in [-0.15, -0.1) is 0 Å². The molecule has 0 radical (unpaired) electrons. The molecule has 2 aromatic heterocycles. The molecule has 0 saturated carbocycles. The molecule has 0 aliphatic carbocycles. The van der Waals surface area contributed by atoms with E-state index in [1.165, 1.54) is 11.8 Å². The molecule has 0 amide bonds. The minimum Gasteiger partial charge on any atom is -0.378 e. The van der Waals surface area contributed by atoms with E-state index >= 15 is 0 Å². The van der Waals surface area contributed by atoms with Gasteiger partial charge in [0, 0.05) is 12.6 Å². The number of hydrogen-bond donors (Lipinski definition) is 3. The van der Waals surface area contributed by atoms with Gasteiger partial charge in [0.1, 0.15) is 11.9 Å². The summed E-state index contributed by atoms with van der Waals surface area (Å²) in [7, 11) is 0. The number of aromatic nitrogens is 5. The second-order valence-electron chi connectivity index (χ2n) is 7.17. The van der Waals surface area contributed by atoms with Gasteiger partial charge in [0.2, 0.25) is 17.7 Å². The van der Waals surface area contributed by atoms with Crippen molar-refractivity contribution in [2.75, 3.05) is 29.2 Å². The standard InChI is InChI=1S/C10H5Cl2F3N4O2.C9H17N5S/c11-5-1-4(10(13,14)15)2-6(12)8(5)18-9(16)7(3-17-18)19(20)21;1-5-10-7-12-8(11-6(2)3)14-9(13-7)15-4/h1-3H,16H2;6H,5H2,1-4H3,(H2,10,11,12,13,14). The highest BCUT2D eigenvalue weighted by Gasteiger charge is 2.33. The molecule has 3 aromatic rings. The van der Waals surface area contributed by atoms with Gasteiger partial charge in [-0.3, -0.25) is 10.1 Å². The third-order valence-corrected chi connectivity index (χ3v) is 5.21. The van der Waals surface area contributed by atoms with Crippen molar-refractivity contribution in [3.05, 3.63) is 44.1 Å². The normalized spacial score (nSPS) is 11.2. The van der Waals surface area contributed by atoms with E-state index in [9.17, 15) is 23.3 Å². The van der Waals surface area contributed by atoms with E-state index in [2.05, 4.69) is 44.5 Å². The van der Waals surface area contributed by atoms with Crippen LogP contribution in [0.4, 0.5) is 36.6 Å². The first-order chi connectivity index (χ1) is 16.8. The maximum absolute atomic E-state index is 12.6. The van der Waals surface area contributed by atoms with Crippen LogP contribution in [0.3, 0.4) is 0 Å². The number of alkyl halides is 3. The number of benzene rings is 1. The highest BCUT2D eigenvalue weighted by molar-refractivity contribution is 7.98. The monoisotopic (exact) mass is 567 g/mol. The third kappa shape index (κ3) is 7.48. The van der Waals surface area contributed by atoms with Crippen molar-refractivity contribution in [2.45, 2.75) is 38.1 Å². The van der Waals surface area contributed by atoms with Gasteiger partial charge in [-0.2, -0.15) is 33.2 Å². The van der Waals surface area contributed by atoms with Crippen molar-refractivity contribution in [3.8, 4) is 5.69 Å². The van der Waals surface area contributed by atoms with Crippen LogP contribution < -0.4 is 16.4 Å². The molecule has 0 saturated heterocycles. The Hall–Kier alpha value is -3.04. The van der Waals surface area contributed by atoms with Gasteiger partial charge in [0.05, 0.1) is 20.5 Å². The lowest BCUT2D eigenvalue weighted by molar-refractivity contribution is -0.383. The first-order valence-corrected chi connectivity index (χ1v) is 12.1.